The fourth-order valence-electron chi connectivity index (χ4n) is 3.40. The van der Waals surface area contributed by atoms with Gasteiger partial charge in [0.2, 0.25) is 0 Å². The van der Waals surface area contributed by atoms with Gasteiger partial charge in [-0.2, -0.15) is 0 Å². The third kappa shape index (κ3) is 2.87. The van der Waals surface area contributed by atoms with E-state index in [0.717, 1.165) is 43.8 Å². The number of hydrogen-bond acceptors (Lipinski definition) is 3. The molecule has 3 heterocycles. The SMILES string of the molecule is CC(C)C1COC2(CCN(Cc3ccco3)CC2)C1. The molecule has 2 aliphatic rings. The number of nitrogens with zero attached hydrogens (tertiary/aromatic N) is 1. The zero-order valence-corrected chi connectivity index (χ0v) is 12.1. The van der Waals surface area contributed by atoms with E-state index < -0.39 is 0 Å². The highest BCUT2D eigenvalue weighted by molar-refractivity contribution is 5.00. The van der Waals surface area contributed by atoms with Crippen molar-refractivity contribution in [1.29, 1.82) is 0 Å². The Bertz CT molecular complexity index is 391. The van der Waals surface area contributed by atoms with Gasteiger partial charge in [0.05, 0.1) is 25.0 Å². The number of likely N-dealkylation sites (tertiary alicyclic amines) is 1. The Hall–Kier alpha value is -0.800. The van der Waals surface area contributed by atoms with Crippen LogP contribution in [-0.4, -0.2) is 30.2 Å². The fraction of sp³-hybridized carbons (Fsp3) is 0.750. The van der Waals surface area contributed by atoms with E-state index in [1.807, 2.05) is 6.07 Å². The van der Waals surface area contributed by atoms with Gasteiger partial charge in [-0.05, 0) is 43.2 Å². The van der Waals surface area contributed by atoms with Crippen LogP contribution >= 0.6 is 0 Å². The molecule has 0 saturated carbocycles. The summed E-state index contributed by atoms with van der Waals surface area (Å²) < 4.78 is 11.6. The Labute approximate surface area is 115 Å². The van der Waals surface area contributed by atoms with Gasteiger partial charge < -0.3 is 9.15 Å². The molecule has 0 amide bonds. The lowest BCUT2D eigenvalue weighted by molar-refractivity contribution is -0.0460. The molecule has 0 aliphatic carbocycles. The smallest absolute Gasteiger partial charge is 0.117 e. The number of rotatable bonds is 3. The summed E-state index contributed by atoms with van der Waals surface area (Å²) in [5.74, 6) is 2.58. The molecule has 1 spiro atoms. The fourth-order valence-corrected chi connectivity index (χ4v) is 3.40. The topological polar surface area (TPSA) is 25.6 Å². The molecule has 106 valence electrons. The van der Waals surface area contributed by atoms with Crippen LogP contribution in [0.3, 0.4) is 0 Å². The third-order valence-electron chi connectivity index (χ3n) is 4.91. The summed E-state index contributed by atoms with van der Waals surface area (Å²) in [6.45, 7) is 8.81. The quantitative estimate of drug-likeness (QED) is 0.836. The van der Waals surface area contributed by atoms with Gasteiger partial charge in [0.1, 0.15) is 5.76 Å². The summed E-state index contributed by atoms with van der Waals surface area (Å²) in [5.41, 5.74) is 0.189. The second-order valence-corrected chi connectivity index (χ2v) is 6.56. The Morgan fingerprint density at radius 3 is 2.74 bits per heavy atom. The summed E-state index contributed by atoms with van der Waals surface area (Å²) in [6.07, 6.45) is 5.38. The van der Waals surface area contributed by atoms with E-state index in [4.69, 9.17) is 9.15 Å². The first kappa shape index (κ1) is 13.2. The molecule has 1 aromatic rings. The molecule has 3 heteroatoms. The molecule has 1 unspecified atom stereocenters. The average molecular weight is 263 g/mol. The van der Waals surface area contributed by atoms with Crippen molar-refractivity contribution in [2.45, 2.75) is 45.3 Å². The molecule has 2 aliphatic heterocycles. The molecule has 0 radical (unpaired) electrons. The second kappa shape index (κ2) is 5.29. The van der Waals surface area contributed by atoms with Crippen LogP contribution in [0.1, 0.15) is 38.9 Å². The van der Waals surface area contributed by atoms with Crippen LogP contribution in [0.4, 0.5) is 0 Å². The highest BCUT2D eigenvalue weighted by Crippen LogP contribution is 2.41. The maximum Gasteiger partial charge on any atom is 0.117 e. The van der Waals surface area contributed by atoms with Crippen LogP contribution < -0.4 is 0 Å². The molecular formula is C16H25NO2. The lowest BCUT2D eigenvalue weighted by atomic mass is 9.82. The predicted molar refractivity (Wildman–Crippen MR) is 74.8 cm³/mol. The van der Waals surface area contributed by atoms with E-state index in [0.29, 0.717) is 0 Å². The molecule has 19 heavy (non-hydrogen) atoms. The van der Waals surface area contributed by atoms with Gasteiger partial charge in [-0.15, -0.1) is 0 Å². The van der Waals surface area contributed by atoms with Gasteiger partial charge in [-0.25, -0.2) is 0 Å². The maximum atomic E-state index is 6.19. The number of hydrogen-bond donors (Lipinski definition) is 0. The number of piperidine rings is 1. The highest BCUT2D eigenvalue weighted by Gasteiger charge is 2.43. The zero-order valence-electron chi connectivity index (χ0n) is 12.1. The van der Waals surface area contributed by atoms with Gasteiger partial charge in [-0.3, -0.25) is 4.90 Å². The number of ether oxygens (including phenoxy) is 1. The summed E-state index contributed by atoms with van der Waals surface area (Å²) >= 11 is 0. The molecule has 0 N–H and O–H groups in total. The van der Waals surface area contributed by atoms with E-state index >= 15 is 0 Å². The van der Waals surface area contributed by atoms with Crippen LogP contribution in [0.25, 0.3) is 0 Å². The van der Waals surface area contributed by atoms with Crippen molar-refractivity contribution in [2.75, 3.05) is 19.7 Å². The van der Waals surface area contributed by atoms with Crippen molar-refractivity contribution in [1.82, 2.24) is 4.90 Å². The van der Waals surface area contributed by atoms with Gasteiger partial charge in [0.25, 0.3) is 0 Å². The summed E-state index contributed by atoms with van der Waals surface area (Å²) in [6, 6.07) is 4.03. The standard InChI is InChI=1S/C16H25NO2/c1-13(2)14-10-16(19-12-14)5-7-17(8-6-16)11-15-4-3-9-18-15/h3-4,9,13-14H,5-8,10-12H2,1-2H3. The van der Waals surface area contributed by atoms with Crippen LogP contribution in [0.15, 0.2) is 22.8 Å². The lowest BCUT2D eigenvalue weighted by Gasteiger charge is -2.38. The molecule has 1 atom stereocenters. The van der Waals surface area contributed by atoms with Crippen LogP contribution in [0, 0.1) is 11.8 Å². The maximum absolute atomic E-state index is 6.19. The molecular weight excluding hydrogens is 238 g/mol. The minimum absolute atomic E-state index is 0.189. The number of furan rings is 1. The van der Waals surface area contributed by atoms with Gasteiger partial charge in [-0.1, -0.05) is 13.8 Å². The Kier molecular flexibility index (Phi) is 3.68. The third-order valence-corrected chi connectivity index (χ3v) is 4.91. The molecule has 2 fully saturated rings. The monoisotopic (exact) mass is 263 g/mol. The zero-order chi connectivity index (χ0) is 13.3. The van der Waals surface area contributed by atoms with Crippen molar-refractivity contribution < 1.29 is 9.15 Å². The molecule has 3 rings (SSSR count). The van der Waals surface area contributed by atoms with Crippen LogP contribution in [-0.2, 0) is 11.3 Å². The lowest BCUT2D eigenvalue weighted by Crippen LogP contribution is -2.43. The van der Waals surface area contributed by atoms with Gasteiger partial charge in [0.15, 0.2) is 0 Å². The van der Waals surface area contributed by atoms with E-state index in [9.17, 15) is 0 Å². The molecule has 3 nitrogen and oxygen atoms in total. The van der Waals surface area contributed by atoms with Crippen molar-refractivity contribution in [3.63, 3.8) is 0 Å². The normalized spacial score (nSPS) is 27.4. The Morgan fingerprint density at radius 2 is 2.16 bits per heavy atom. The van der Waals surface area contributed by atoms with E-state index in [2.05, 4.69) is 24.8 Å². The minimum Gasteiger partial charge on any atom is -0.468 e. The average Bonchev–Trinajstić information content (AvgIpc) is 3.03. The first-order valence-electron chi connectivity index (χ1n) is 7.56. The first-order valence-corrected chi connectivity index (χ1v) is 7.56. The molecule has 2 saturated heterocycles. The van der Waals surface area contributed by atoms with E-state index in [-0.39, 0.29) is 5.60 Å². The van der Waals surface area contributed by atoms with Gasteiger partial charge in [0, 0.05) is 13.1 Å². The highest BCUT2D eigenvalue weighted by atomic mass is 16.5. The molecule has 0 bridgehead atoms. The second-order valence-electron chi connectivity index (χ2n) is 6.56. The van der Waals surface area contributed by atoms with Crippen molar-refractivity contribution >= 4 is 0 Å². The van der Waals surface area contributed by atoms with Crippen LogP contribution in [0.2, 0.25) is 0 Å². The van der Waals surface area contributed by atoms with E-state index in [1.54, 1.807) is 6.26 Å². The van der Waals surface area contributed by atoms with Crippen molar-refractivity contribution in [3.05, 3.63) is 24.2 Å². The Balaban J connectivity index is 1.52. The van der Waals surface area contributed by atoms with Gasteiger partial charge >= 0.3 is 0 Å². The summed E-state index contributed by atoms with van der Waals surface area (Å²) in [7, 11) is 0. The van der Waals surface area contributed by atoms with Crippen molar-refractivity contribution in [2.24, 2.45) is 11.8 Å². The van der Waals surface area contributed by atoms with E-state index in [1.165, 1.54) is 19.3 Å². The van der Waals surface area contributed by atoms with Crippen LogP contribution in [0.5, 0.6) is 0 Å². The predicted octanol–water partition coefficient (Wildman–Crippen LogP) is 3.31. The molecule has 0 aromatic carbocycles. The minimum atomic E-state index is 0.189. The summed E-state index contributed by atoms with van der Waals surface area (Å²) in [4.78, 5) is 2.48. The largest absolute Gasteiger partial charge is 0.468 e. The molecule has 1 aromatic heterocycles. The Morgan fingerprint density at radius 1 is 1.37 bits per heavy atom. The first-order chi connectivity index (χ1) is 9.17. The summed E-state index contributed by atoms with van der Waals surface area (Å²) in [5, 5.41) is 0. The van der Waals surface area contributed by atoms with Crippen molar-refractivity contribution in [3.8, 4) is 0 Å².